The Labute approximate surface area is 116 Å². The number of ether oxygens (including phenoxy) is 1. The second-order valence-corrected chi connectivity index (χ2v) is 4.55. The molecular weight excluding hydrogens is 263 g/mol. The lowest BCUT2D eigenvalue weighted by molar-refractivity contribution is 0.128. The van der Waals surface area contributed by atoms with Gasteiger partial charge in [-0.1, -0.05) is 24.4 Å². The smallest absolute Gasteiger partial charge is 0.134 e. The van der Waals surface area contributed by atoms with E-state index in [-0.39, 0.29) is 5.82 Å². The molecule has 5 heteroatoms. The van der Waals surface area contributed by atoms with Crippen molar-refractivity contribution >= 4 is 12.2 Å². The lowest BCUT2D eigenvalue weighted by atomic mass is 10.1. The van der Waals surface area contributed by atoms with Gasteiger partial charge in [-0.3, -0.25) is 0 Å². The summed E-state index contributed by atoms with van der Waals surface area (Å²) >= 11 is 5.13. The molecule has 0 aliphatic rings. The summed E-state index contributed by atoms with van der Waals surface area (Å²) in [4.78, 5) is 7.32. The van der Waals surface area contributed by atoms with Crippen LogP contribution in [0.3, 0.4) is 0 Å². The maximum atomic E-state index is 13.6. The molecule has 0 fully saturated rings. The van der Waals surface area contributed by atoms with Crippen LogP contribution in [0, 0.1) is 17.4 Å². The van der Waals surface area contributed by atoms with Crippen LogP contribution in [0.5, 0.6) is 0 Å². The highest BCUT2D eigenvalue weighted by molar-refractivity contribution is 7.71. The van der Waals surface area contributed by atoms with Crippen LogP contribution >= 0.6 is 12.2 Å². The van der Waals surface area contributed by atoms with Gasteiger partial charge in [-0.15, -0.1) is 0 Å². The molecule has 19 heavy (non-hydrogen) atoms. The molecule has 2 rings (SSSR count). The molecule has 0 saturated heterocycles. The average molecular weight is 278 g/mol. The zero-order valence-corrected chi connectivity index (χ0v) is 11.7. The maximum absolute atomic E-state index is 13.6. The largest absolute Gasteiger partial charge is 0.374 e. The fraction of sp³-hybridized carbons (Fsp3) is 0.286. The molecule has 1 N–H and O–H groups in total. The normalized spacial score (nSPS) is 10.7. The Morgan fingerprint density at radius 2 is 2.21 bits per heavy atom. The first-order valence-corrected chi connectivity index (χ1v) is 6.46. The second kappa shape index (κ2) is 6.04. The Hall–Kier alpha value is -1.59. The summed E-state index contributed by atoms with van der Waals surface area (Å²) in [6, 6.07) is 6.70. The van der Waals surface area contributed by atoms with Crippen LogP contribution < -0.4 is 0 Å². The Balaban J connectivity index is 2.47. The van der Waals surface area contributed by atoms with Gasteiger partial charge in [0, 0.05) is 12.2 Å². The number of aromatic amines is 1. The van der Waals surface area contributed by atoms with Crippen molar-refractivity contribution in [1.82, 2.24) is 9.97 Å². The van der Waals surface area contributed by atoms with Crippen LogP contribution in [0.2, 0.25) is 0 Å². The van der Waals surface area contributed by atoms with E-state index >= 15 is 0 Å². The van der Waals surface area contributed by atoms with E-state index in [0.717, 1.165) is 11.3 Å². The van der Waals surface area contributed by atoms with Crippen LogP contribution in [0.25, 0.3) is 11.3 Å². The third-order valence-electron chi connectivity index (χ3n) is 2.79. The van der Waals surface area contributed by atoms with Crippen molar-refractivity contribution in [2.24, 2.45) is 0 Å². The second-order valence-electron chi connectivity index (χ2n) is 4.13. The van der Waals surface area contributed by atoms with E-state index in [2.05, 4.69) is 9.97 Å². The standard InChI is InChI=1S/C14H15FN2OS/c1-3-18-8-13-16-12(7-14(19)17-13)10-5-4-6-11(15)9(10)2/h4-7H,3,8H2,1-2H3,(H,16,17,19). The van der Waals surface area contributed by atoms with Crippen LogP contribution in [0.4, 0.5) is 4.39 Å². The summed E-state index contributed by atoms with van der Waals surface area (Å²) < 4.78 is 19.4. The van der Waals surface area contributed by atoms with Crippen LogP contribution in [-0.4, -0.2) is 16.6 Å². The molecule has 0 radical (unpaired) electrons. The van der Waals surface area contributed by atoms with Crippen molar-refractivity contribution < 1.29 is 9.13 Å². The zero-order chi connectivity index (χ0) is 13.8. The third-order valence-corrected chi connectivity index (χ3v) is 3.00. The van der Waals surface area contributed by atoms with Gasteiger partial charge in [-0.25, -0.2) is 9.37 Å². The highest BCUT2D eigenvalue weighted by atomic mass is 32.1. The van der Waals surface area contributed by atoms with Gasteiger partial charge < -0.3 is 9.72 Å². The van der Waals surface area contributed by atoms with E-state index in [1.807, 2.05) is 13.0 Å². The number of nitrogens with one attached hydrogen (secondary N) is 1. The number of rotatable bonds is 4. The van der Waals surface area contributed by atoms with Crippen LogP contribution in [-0.2, 0) is 11.3 Å². The first kappa shape index (κ1) is 13.8. The fourth-order valence-electron chi connectivity index (χ4n) is 1.82. The maximum Gasteiger partial charge on any atom is 0.134 e. The molecule has 2 aromatic rings. The predicted octanol–water partition coefficient (Wildman–Crippen LogP) is 3.79. The SMILES string of the molecule is CCOCc1nc(=S)cc(-c2cccc(F)c2C)[nH]1. The van der Waals surface area contributed by atoms with Gasteiger partial charge in [-0.2, -0.15) is 0 Å². The van der Waals surface area contributed by atoms with E-state index in [1.165, 1.54) is 6.07 Å². The predicted molar refractivity (Wildman–Crippen MR) is 74.9 cm³/mol. The minimum atomic E-state index is -0.236. The first-order valence-electron chi connectivity index (χ1n) is 6.05. The quantitative estimate of drug-likeness (QED) is 0.865. The van der Waals surface area contributed by atoms with E-state index in [1.54, 1.807) is 19.1 Å². The molecule has 0 saturated carbocycles. The molecule has 0 spiro atoms. The molecular formula is C14H15FN2OS. The minimum Gasteiger partial charge on any atom is -0.374 e. The summed E-state index contributed by atoms with van der Waals surface area (Å²) in [5.41, 5.74) is 2.12. The average Bonchev–Trinajstić information content (AvgIpc) is 2.39. The van der Waals surface area contributed by atoms with Gasteiger partial charge >= 0.3 is 0 Å². The molecule has 0 aliphatic carbocycles. The third kappa shape index (κ3) is 3.24. The van der Waals surface area contributed by atoms with Gasteiger partial charge in [0.2, 0.25) is 0 Å². The number of hydrogen-bond donors (Lipinski definition) is 1. The Bertz CT molecular complexity index is 640. The molecule has 0 aliphatic heterocycles. The van der Waals surface area contributed by atoms with Gasteiger partial charge in [0.1, 0.15) is 22.9 Å². The van der Waals surface area contributed by atoms with Crippen LogP contribution in [0.1, 0.15) is 18.3 Å². The fourth-order valence-corrected chi connectivity index (χ4v) is 2.05. The number of nitrogens with zero attached hydrogens (tertiary/aromatic N) is 1. The lowest BCUT2D eigenvalue weighted by Gasteiger charge is -2.09. The molecule has 0 unspecified atom stereocenters. The molecule has 0 atom stereocenters. The molecule has 3 nitrogen and oxygen atoms in total. The highest BCUT2D eigenvalue weighted by Gasteiger charge is 2.08. The van der Waals surface area contributed by atoms with Crippen molar-refractivity contribution in [3.8, 4) is 11.3 Å². The molecule has 1 heterocycles. The van der Waals surface area contributed by atoms with E-state index in [4.69, 9.17) is 17.0 Å². The number of hydrogen-bond acceptors (Lipinski definition) is 3. The van der Waals surface area contributed by atoms with Gasteiger partial charge in [0.25, 0.3) is 0 Å². The van der Waals surface area contributed by atoms with E-state index in [9.17, 15) is 4.39 Å². The van der Waals surface area contributed by atoms with Crippen molar-refractivity contribution in [1.29, 1.82) is 0 Å². The van der Waals surface area contributed by atoms with Crippen LogP contribution in [0.15, 0.2) is 24.3 Å². The van der Waals surface area contributed by atoms with E-state index in [0.29, 0.717) is 29.2 Å². The summed E-state index contributed by atoms with van der Waals surface area (Å²) in [5, 5.41) is 0. The number of benzene rings is 1. The molecule has 1 aromatic carbocycles. The number of aromatic nitrogens is 2. The van der Waals surface area contributed by atoms with Gasteiger partial charge in [0.15, 0.2) is 0 Å². The van der Waals surface area contributed by atoms with Crippen molar-refractivity contribution in [2.45, 2.75) is 20.5 Å². The van der Waals surface area contributed by atoms with Gasteiger partial charge in [0.05, 0.1) is 5.69 Å². The topological polar surface area (TPSA) is 37.9 Å². The van der Waals surface area contributed by atoms with Crippen molar-refractivity contribution in [3.05, 3.63) is 46.1 Å². The Morgan fingerprint density at radius 1 is 1.42 bits per heavy atom. The molecule has 1 aromatic heterocycles. The Kier molecular flexibility index (Phi) is 4.39. The number of H-pyrrole nitrogens is 1. The Morgan fingerprint density at radius 3 is 2.95 bits per heavy atom. The van der Waals surface area contributed by atoms with E-state index < -0.39 is 0 Å². The molecule has 0 amide bonds. The summed E-state index contributed by atoms with van der Waals surface area (Å²) in [6.45, 7) is 4.62. The lowest BCUT2D eigenvalue weighted by Crippen LogP contribution is -2.01. The first-order chi connectivity index (χ1) is 9.11. The molecule has 0 bridgehead atoms. The zero-order valence-electron chi connectivity index (χ0n) is 10.9. The van der Waals surface area contributed by atoms with Crippen molar-refractivity contribution in [2.75, 3.05) is 6.61 Å². The summed E-state index contributed by atoms with van der Waals surface area (Å²) in [5.74, 6) is 0.410. The molecule has 100 valence electrons. The monoisotopic (exact) mass is 278 g/mol. The van der Waals surface area contributed by atoms with Crippen molar-refractivity contribution in [3.63, 3.8) is 0 Å². The number of halogens is 1. The summed E-state index contributed by atoms with van der Waals surface area (Å²) in [7, 11) is 0. The summed E-state index contributed by atoms with van der Waals surface area (Å²) in [6.07, 6.45) is 0. The highest BCUT2D eigenvalue weighted by Crippen LogP contribution is 2.23. The minimum absolute atomic E-state index is 0.236. The van der Waals surface area contributed by atoms with Gasteiger partial charge in [-0.05, 0) is 31.5 Å².